The van der Waals surface area contributed by atoms with E-state index in [-0.39, 0.29) is 48.6 Å². The second-order valence-corrected chi connectivity index (χ2v) is 11.2. The lowest BCUT2D eigenvalue weighted by Crippen LogP contribution is -2.11. The minimum absolute atomic E-state index is 0. The molecule has 7 N–H and O–H groups in total. The fourth-order valence-corrected chi connectivity index (χ4v) is 4.87. The molecule has 53 heavy (non-hydrogen) atoms. The summed E-state index contributed by atoms with van der Waals surface area (Å²) in [5.74, 6) is -1.32. The van der Waals surface area contributed by atoms with Gasteiger partial charge in [0.2, 0.25) is 5.24 Å². The summed E-state index contributed by atoms with van der Waals surface area (Å²) in [6, 6.07) is 23.9. The number of hydrogen-bond acceptors (Lipinski definition) is 8. The van der Waals surface area contributed by atoms with Crippen LogP contribution >= 0.6 is 36.4 Å². The molecule has 0 aliphatic carbocycles. The molecular formula is C38H43Cl3F2N4O6. The number of furan rings is 2. The highest BCUT2D eigenvalue weighted by atomic mass is 35.5. The molecule has 0 aliphatic heterocycles. The Kier molecular flexibility index (Phi) is 20.9. The van der Waals surface area contributed by atoms with E-state index in [0.29, 0.717) is 33.5 Å². The van der Waals surface area contributed by atoms with E-state index in [1.165, 1.54) is 19.1 Å². The number of aliphatic hydroxyl groups is 1. The third-order valence-corrected chi connectivity index (χ3v) is 6.93. The zero-order valence-electron chi connectivity index (χ0n) is 28.6. The van der Waals surface area contributed by atoms with E-state index < -0.39 is 23.4 Å². The summed E-state index contributed by atoms with van der Waals surface area (Å²) in [5, 5.41) is 13.8. The van der Waals surface area contributed by atoms with Gasteiger partial charge in [-0.25, -0.2) is 8.78 Å². The number of benzene rings is 4. The number of halogens is 5. The van der Waals surface area contributed by atoms with Crippen molar-refractivity contribution >= 4 is 75.4 Å². The molecule has 2 amide bonds. The van der Waals surface area contributed by atoms with Gasteiger partial charge in [-0.2, -0.15) is 0 Å². The van der Waals surface area contributed by atoms with Gasteiger partial charge in [-0.15, -0.1) is 24.8 Å². The third kappa shape index (κ3) is 13.3. The van der Waals surface area contributed by atoms with Crippen LogP contribution < -0.4 is 22.1 Å². The Hall–Kier alpha value is -4.82. The Bertz CT molecular complexity index is 1940. The summed E-state index contributed by atoms with van der Waals surface area (Å²) in [4.78, 5) is 32.0. The predicted octanol–water partition coefficient (Wildman–Crippen LogP) is 7.97. The van der Waals surface area contributed by atoms with Crippen molar-refractivity contribution in [3.8, 4) is 22.6 Å². The van der Waals surface area contributed by atoms with E-state index in [9.17, 15) is 23.2 Å². The molecule has 0 fully saturated rings. The number of nitrogens with two attached hydrogens (primary N) is 2. The van der Waals surface area contributed by atoms with Gasteiger partial charge in [0, 0.05) is 49.0 Å². The molecule has 0 saturated carbocycles. The van der Waals surface area contributed by atoms with Crippen molar-refractivity contribution in [2.24, 2.45) is 11.5 Å². The van der Waals surface area contributed by atoms with Crippen LogP contribution in [0, 0.1) is 11.6 Å². The number of fused-ring (bicyclic) bond motifs is 2. The van der Waals surface area contributed by atoms with Crippen molar-refractivity contribution in [1.29, 1.82) is 0 Å². The van der Waals surface area contributed by atoms with Gasteiger partial charge in [-0.3, -0.25) is 14.4 Å². The average molecular weight is 796 g/mol. The van der Waals surface area contributed by atoms with Crippen molar-refractivity contribution < 1.29 is 37.1 Å². The normalized spacial score (nSPS) is 9.74. The maximum Gasteiger partial charge on any atom is 0.252 e. The molecule has 10 nitrogen and oxygen atoms in total. The molecule has 0 unspecified atom stereocenters. The topological polar surface area (TPSA) is 174 Å². The van der Waals surface area contributed by atoms with Crippen molar-refractivity contribution in [2.75, 3.05) is 21.2 Å². The molecule has 0 aliphatic rings. The first-order chi connectivity index (χ1) is 23.9. The summed E-state index contributed by atoms with van der Waals surface area (Å²) in [7, 11) is 4.76. The number of primary amides is 2. The molecule has 2 aromatic heterocycles. The zero-order chi connectivity index (χ0) is 37.0. The van der Waals surface area contributed by atoms with Crippen LogP contribution in [0.1, 0.15) is 46.2 Å². The van der Waals surface area contributed by atoms with E-state index >= 15 is 0 Å². The summed E-state index contributed by atoms with van der Waals surface area (Å²) in [6.07, 6.45) is 0. The van der Waals surface area contributed by atoms with Gasteiger partial charge in [0.1, 0.15) is 34.3 Å². The number of amides is 2. The van der Waals surface area contributed by atoms with Crippen LogP contribution in [0.2, 0.25) is 0 Å². The Morgan fingerprint density at radius 1 is 0.660 bits per heavy atom. The smallest absolute Gasteiger partial charge is 0.252 e. The molecule has 2 heterocycles. The zero-order valence-corrected chi connectivity index (χ0v) is 31.0. The summed E-state index contributed by atoms with van der Waals surface area (Å²) in [5.41, 5.74) is 15.3. The minimum atomic E-state index is -0.713. The minimum Gasteiger partial charge on any atom is -0.455 e. The Morgan fingerprint density at radius 3 is 1.23 bits per heavy atom. The highest BCUT2D eigenvalue weighted by Crippen LogP contribution is 2.32. The van der Waals surface area contributed by atoms with Crippen LogP contribution in [-0.4, -0.2) is 43.4 Å². The van der Waals surface area contributed by atoms with Gasteiger partial charge in [0.25, 0.3) is 11.8 Å². The Labute approximate surface area is 323 Å². The predicted molar refractivity (Wildman–Crippen MR) is 212 cm³/mol. The molecule has 0 atom stereocenters. The summed E-state index contributed by atoms with van der Waals surface area (Å²) in [6.45, 7) is 2.84. The van der Waals surface area contributed by atoms with Crippen LogP contribution in [-0.2, 0) is 17.9 Å². The lowest BCUT2D eigenvalue weighted by atomic mass is 10.1. The number of rotatable bonds is 8. The van der Waals surface area contributed by atoms with E-state index in [2.05, 4.69) is 22.2 Å². The largest absolute Gasteiger partial charge is 0.455 e. The van der Waals surface area contributed by atoms with Crippen LogP contribution in [0.5, 0.6) is 0 Å². The third-order valence-electron chi connectivity index (χ3n) is 6.93. The number of hydrogen-bond donors (Lipinski definition) is 5. The van der Waals surface area contributed by atoms with Crippen molar-refractivity contribution in [3.63, 3.8) is 0 Å². The first-order valence-electron chi connectivity index (χ1n) is 15.0. The lowest BCUT2D eigenvalue weighted by molar-refractivity contribution is -0.109. The number of carbonyl (C=O) groups excluding carboxylic acids is 3. The molecule has 0 bridgehead atoms. The monoisotopic (exact) mass is 794 g/mol. The number of nitrogens with one attached hydrogen (secondary N) is 2. The Morgan fingerprint density at radius 2 is 0.962 bits per heavy atom. The average Bonchev–Trinajstić information content (AvgIpc) is 3.70. The maximum atomic E-state index is 13.6. The quantitative estimate of drug-likeness (QED) is 0.0965. The highest BCUT2D eigenvalue weighted by molar-refractivity contribution is 6.62. The van der Waals surface area contributed by atoms with Crippen LogP contribution in [0.3, 0.4) is 0 Å². The fraction of sp³-hybridized carbons (Fsp3) is 0.184. The molecule has 15 heteroatoms. The van der Waals surface area contributed by atoms with Gasteiger partial charge < -0.3 is 36.0 Å². The first kappa shape index (κ1) is 48.2. The van der Waals surface area contributed by atoms with Gasteiger partial charge in [0.05, 0.1) is 11.1 Å². The molecule has 4 aromatic carbocycles. The van der Waals surface area contributed by atoms with Gasteiger partial charge >= 0.3 is 0 Å². The van der Waals surface area contributed by atoms with Gasteiger partial charge in [-0.1, -0.05) is 56.0 Å². The Balaban J connectivity index is 0.000000847. The SMILES string of the molecule is C.CC(=O)Cl.CNCc1ccc(-c2cc3cc(F)cc(C(N)=O)c3o2)cc1.CNCc1ccc(-c2cc3cc(F)cc(C(N)=O)c3o2)cc1.CO.Cl.Cl. The van der Waals surface area contributed by atoms with Crippen LogP contribution in [0.4, 0.5) is 8.78 Å². The summed E-state index contributed by atoms with van der Waals surface area (Å²) >= 11 is 4.64. The molecular weight excluding hydrogens is 753 g/mol. The van der Waals surface area contributed by atoms with Crippen molar-refractivity contribution in [3.05, 3.63) is 119 Å². The highest BCUT2D eigenvalue weighted by Gasteiger charge is 2.16. The molecule has 286 valence electrons. The van der Waals surface area contributed by atoms with Crippen molar-refractivity contribution in [2.45, 2.75) is 27.4 Å². The number of aliphatic hydroxyl groups excluding tert-OH is 1. The second-order valence-electron chi connectivity index (χ2n) is 10.6. The molecule has 6 rings (SSSR count). The van der Waals surface area contributed by atoms with Crippen LogP contribution in [0.15, 0.2) is 93.8 Å². The van der Waals surface area contributed by atoms with E-state index in [0.717, 1.165) is 54.6 Å². The van der Waals surface area contributed by atoms with Gasteiger partial charge in [0.15, 0.2) is 0 Å². The van der Waals surface area contributed by atoms with Gasteiger partial charge in [-0.05, 0) is 73.2 Å². The molecule has 6 aromatic rings. The maximum absolute atomic E-state index is 13.6. The fourth-order valence-electron chi connectivity index (χ4n) is 4.87. The van der Waals surface area contributed by atoms with E-state index in [4.69, 9.17) is 25.4 Å². The van der Waals surface area contributed by atoms with Crippen molar-refractivity contribution in [1.82, 2.24) is 10.6 Å². The molecule has 0 radical (unpaired) electrons. The second kappa shape index (κ2) is 23.0. The molecule has 0 spiro atoms. The summed E-state index contributed by atoms with van der Waals surface area (Å²) < 4.78 is 38.5. The van der Waals surface area contributed by atoms with Crippen LogP contribution in [0.25, 0.3) is 44.6 Å². The first-order valence-corrected chi connectivity index (χ1v) is 15.4. The number of carbonyl (C=O) groups is 3. The molecule has 0 saturated heterocycles. The van der Waals surface area contributed by atoms with E-state index in [1.54, 1.807) is 12.1 Å². The lowest BCUT2D eigenvalue weighted by Gasteiger charge is -2.01. The van der Waals surface area contributed by atoms with E-state index in [1.807, 2.05) is 62.6 Å². The standard InChI is InChI=1S/2C17H15FN2O2.C2H3ClO.CH4O.CH4.2ClH/c2*1-20-9-10-2-4-11(5-3-10)15-7-12-6-13(18)8-14(17(19)21)16(12)22-15;1-2(3)4;1-2;;;/h2*2-8,20H,9H2,1H3,(H2,19,21);1H3;2H,1H3;1H4;2*1H.